The van der Waals surface area contributed by atoms with Crippen LogP contribution in [0.15, 0.2) is 0 Å². The lowest BCUT2D eigenvalue weighted by molar-refractivity contribution is -0.144. The molecule has 0 aromatic rings. The van der Waals surface area contributed by atoms with Crippen LogP contribution in [-0.4, -0.2) is 17.9 Å². The van der Waals surface area contributed by atoms with Gasteiger partial charge < -0.3 is 4.79 Å². The Hall–Kier alpha value is -0.990. The summed E-state index contributed by atoms with van der Waals surface area (Å²) in [6.45, 7) is 5.45. The summed E-state index contributed by atoms with van der Waals surface area (Å²) in [6.07, 6.45) is 2.79. The zero-order valence-corrected chi connectivity index (χ0v) is 9.84. The highest BCUT2D eigenvalue weighted by molar-refractivity contribution is 6.18. The van der Waals surface area contributed by atoms with Gasteiger partial charge in [0.2, 0.25) is 0 Å². The predicted octanol–water partition coefficient (Wildman–Crippen LogP) is 2.32. The van der Waals surface area contributed by atoms with E-state index in [1.165, 1.54) is 0 Å². The van der Waals surface area contributed by atoms with Gasteiger partial charge >= 0.3 is 0 Å². The molecule has 0 radical (unpaired) electrons. The van der Waals surface area contributed by atoms with Crippen molar-refractivity contribution in [2.24, 2.45) is 5.41 Å². The molecule has 0 aliphatic rings. The van der Waals surface area contributed by atoms with Crippen molar-refractivity contribution >= 4 is 17.9 Å². The molecule has 0 N–H and O–H groups in total. The molecule has 3 nitrogen and oxygen atoms in total. The van der Waals surface area contributed by atoms with Crippen LogP contribution in [0.3, 0.4) is 0 Å². The molecule has 0 amide bonds. The van der Waals surface area contributed by atoms with Gasteiger partial charge in [-0.1, -0.05) is 20.8 Å². The highest BCUT2D eigenvalue weighted by atomic mass is 16.2. The van der Waals surface area contributed by atoms with E-state index >= 15 is 0 Å². The first-order chi connectivity index (χ1) is 7.08. The molecule has 0 aromatic heterocycles. The van der Waals surface area contributed by atoms with Crippen molar-refractivity contribution in [3.8, 4) is 0 Å². The Bertz CT molecular complexity index is 225. The maximum atomic E-state index is 11.8. The third-order valence-corrected chi connectivity index (χ3v) is 2.71. The fourth-order valence-corrected chi connectivity index (χ4v) is 1.66. The molecule has 0 spiro atoms. The number of Topliss-reactive ketones (excluding diaryl/α,β-unsaturated/α-hetero) is 2. The van der Waals surface area contributed by atoms with Crippen LogP contribution in [0.2, 0.25) is 0 Å². The fraction of sp³-hybridized carbons (Fsp3) is 0.750. The van der Waals surface area contributed by atoms with E-state index < -0.39 is 5.41 Å². The lowest BCUT2D eigenvalue weighted by Gasteiger charge is -2.23. The lowest BCUT2D eigenvalue weighted by atomic mass is 9.75. The SMILES string of the molecule is CCCC(=O)C(C=O)(CC)C(=O)CCC. The Morgan fingerprint density at radius 3 is 1.60 bits per heavy atom. The molecule has 0 aliphatic carbocycles. The van der Waals surface area contributed by atoms with Gasteiger partial charge in [0.1, 0.15) is 11.7 Å². The van der Waals surface area contributed by atoms with Gasteiger partial charge in [0, 0.05) is 12.8 Å². The summed E-state index contributed by atoms with van der Waals surface area (Å²) in [5, 5.41) is 0. The minimum atomic E-state index is -1.36. The average molecular weight is 212 g/mol. The normalized spacial score (nSPS) is 11.1. The molecular formula is C12H20O3. The average Bonchev–Trinajstić information content (AvgIpc) is 2.21. The summed E-state index contributed by atoms with van der Waals surface area (Å²) in [7, 11) is 0. The zero-order chi connectivity index (χ0) is 11.9. The van der Waals surface area contributed by atoms with E-state index in [4.69, 9.17) is 0 Å². The molecule has 0 bridgehead atoms. The van der Waals surface area contributed by atoms with Crippen molar-refractivity contribution in [2.45, 2.75) is 52.9 Å². The Kier molecular flexibility index (Phi) is 6.06. The van der Waals surface area contributed by atoms with Crippen molar-refractivity contribution in [3.05, 3.63) is 0 Å². The molecule has 0 fully saturated rings. The second kappa shape index (κ2) is 6.49. The van der Waals surface area contributed by atoms with E-state index in [1.807, 2.05) is 13.8 Å². The Morgan fingerprint density at radius 1 is 1.00 bits per heavy atom. The molecule has 3 heteroatoms. The van der Waals surface area contributed by atoms with Gasteiger partial charge in [0.05, 0.1) is 0 Å². The number of rotatable bonds is 8. The smallest absolute Gasteiger partial charge is 0.153 e. The highest BCUT2D eigenvalue weighted by Crippen LogP contribution is 2.26. The quantitative estimate of drug-likeness (QED) is 0.458. The molecule has 0 unspecified atom stereocenters. The van der Waals surface area contributed by atoms with E-state index in [-0.39, 0.29) is 18.0 Å². The Balaban J connectivity index is 4.94. The zero-order valence-electron chi connectivity index (χ0n) is 9.84. The molecule has 15 heavy (non-hydrogen) atoms. The minimum Gasteiger partial charge on any atom is -0.302 e. The first-order valence-corrected chi connectivity index (χ1v) is 5.61. The van der Waals surface area contributed by atoms with Crippen molar-refractivity contribution in [1.82, 2.24) is 0 Å². The summed E-state index contributed by atoms with van der Waals surface area (Å²) >= 11 is 0. The van der Waals surface area contributed by atoms with Crippen molar-refractivity contribution in [3.63, 3.8) is 0 Å². The van der Waals surface area contributed by atoms with Gasteiger partial charge in [0.15, 0.2) is 11.6 Å². The largest absolute Gasteiger partial charge is 0.302 e. The van der Waals surface area contributed by atoms with E-state index in [9.17, 15) is 14.4 Å². The van der Waals surface area contributed by atoms with Crippen LogP contribution in [0.1, 0.15) is 52.9 Å². The van der Waals surface area contributed by atoms with E-state index in [0.717, 1.165) is 0 Å². The van der Waals surface area contributed by atoms with Crippen LogP contribution in [0.4, 0.5) is 0 Å². The summed E-state index contributed by atoms with van der Waals surface area (Å²) in [5.41, 5.74) is -1.36. The van der Waals surface area contributed by atoms with Gasteiger partial charge in [-0.05, 0) is 19.3 Å². The molecule has 0 aromatic carbocycles. The monoisotopic (exact) mass is 212 g/mol. The van der Waals surface area contributed by atoms with Crippen molar-refractivity contribution < 1.29 is 14.4 Å². The second-order valence-electron chi connectivity index (χ2n) is 3.79. The number of carbonyl (C=O) groups excluding carboxylic acids is 3. The van der Waals surface area contributed by atoms with Crippen LogP contribution in [0.25, 0.3) is 0 Å². The number of hydrogen-bond acceptors (Lipinski definition) is 3. The summed E-state index contributed by atoms with van der Waals surface area (Å²) < 4.78 is 0. The van der Waals surface area contributed by atoms with Crippen LogP contribution >= 0.6 is 0 Å². The Labute approximate surface area is 91.2 Å². The predicted molar refractivity (Wildman–Crippen MR) is 58.6 cm³/mol. The third-order valence-electron chi connectivity index (χ3n) is 2.71. The van der Waals surface area contributed by atoms with Crippen molar-refractivity contribution in [1.29, 1.82) is 0 Å². The van der Waals surface area contributed by atoms with Gasteiger partial charge in [-0.15, -0.1) is 0 Å². The molecule has 0 heterocycles. The van der Waals surface area contributed by atoms with Crippen LogP contribution in [-0.2, 0) is 14.4 Å². The molecule has 0 rings (SSSR count). The molecular weight excluding hydrogens is 192 g/mol. The molecule has 0 atom stereocenters. The lowest BCUT2D eigenvalue weighted by Crippen LogP contribution is -2.40. The minimum absolute atomic E-state index is 0.221. The maximum absolute atomic E-state index is 11.8. The maximum Gasteiger partial charge on any atom is 0.153 e. The molecule has 0 aliphatic heterocycles. The molecule has 0 saturated heterocycles. The van der Waals surface area contributed by atoms with Gasteiger partial charge in [-0.2, -0.15) is 0 Å². The van der Waals surface area contributed by atoms with E-state index in [2.05, 4.69) is 0 Å². The fourth-order valence-electron chi connectivity index (χ4n) is 1.66. The van der Waals surface area contributed by atoms with Gasteiger partial charge in [-0.3, -0.25) is 9.59 Å². The Morgan fingerprint density at radius 2 is 1.40 bits per heavy atom. The van der Waals surface area contributed by atoms with Crippen LogP contribution in [0, 0.1) is 5.41 Å². The topological polar surface area (TPSA) is 51.2 Å². The van der Waals surface area contributed by atoms with Crippen LogP contribution in [0.5, 0.6) is 0 Å². The number of aldehydes is 1. The number of hydrogen-bond donors (Lipinski definition) is 0. The molecule has 86 valence electrons. The first-order valence-electron chi connectivity index (χ1n) is 5.61. The summed E-state index contributed by atoms with van der Waals surface area (Å²) in [6, 6.07) is 0. The summed E-state index contributed by atoms with van der Waals surface area (Å²) in [4.78, 5) is 34.6. The van der Waals surface area contributed by atoms with Gasteiger partial charge in [0.25, 0.3) is 0 Å². The standard InChI is InChI=1S/C12H20O3/c1-4-7-10(14)12(6-3,9-13)11(15)8-5-2/h9H,4-8H2,1-3H3. The third kappa shape index (κ3) is 2.98. The highest BCUT2D eigenvalue weighted by Gasteiger charge is 2.41. The molecule has 0 saturated carbocycles. The van der Waals surface area contributed by atoms with Gasteiger partial charge in [-0.25, -0.2) is 0 Å². The first kappa shape index (κ1) is 14.0. The second-order valence-corrected chi connectivity index (χ2v) is 3.79. The number of ketones is 2. The van der Waals surface area contributed by atoms with E-state index in [1.54, 1.807) is 6.92 Å². The number of carbonyl (C=O) groups is 3. The summed E-state index contributed by atoms with van der Waals surface area (Å²) in [5.74, 6) is -0.443. The van der Waals surface area contributed by atoms with Crippen LogP contribution < -0.4 is 0 Å². The van der Waals surface area contributed by atoms with Crippen molar-refractivity contribution in [2.75, 3.05) is 0 Å². The van der Waals surface area contributed by atoms with E-state index in [0.29, 0.717) is 32.0 Å².